The van der Waals surface area contributed by atoms with E-state index in [2.05, 4.69) is 36.4 Å². The minimum atomic E-state index is -0.135. The number of hydrogen-bond donors (Lipinski definition) is 0. The summed E-state index contributed by atoms with van der Waals surface area (Å²) in [5, 5.41) is 0. The lowest BCUT2D eigenvalue weighted by atomic mass is 10.0. The van der Waals surface area contributed by atoms with Gasteiger partial charge in [0.05, 0.1) is 16.6 Å². The van der Waals surface area contributed by atoms with Crippen molar-refractivity contribution in [1.29, 1.82) is 0 Å². The average Bonchev–Trinajstić information content (AvgIpc) is 2.98. The van der Waals surface area contributed by atoms with Crippen LogP contribution in [0.25, 0.3) is 10.2 Å². The molecule has 0 saturated carbocycles. The molecule has 1 aliphatic heterocycles. The van der Waals surface area contributed by atoms with E-state index in [0.29, 0.717) is 24.4 Å². The standard InChI is InChI=1S/C21H22N2O3S/c1-4-23-16-11-17-18(26-8-7-25-17)12-19(16)27-21(23)22-20(24)10-15-6-5-13(2)14(3)9-15/h5-6,9,11-12H,4,7-8,10H2,1-3H3. The Kier molecular flexibility index (Phi) is 4.74. The largest absolute Gasteiger partial charge is 0.486 e. The highest BCUT2D eigenvalue weighted by Gasteiger charge is 2.16. The lowest BCUT2D eigenvalue weighted by Crippen LogP contribution is -2.17. The predicted molar refractivity (Wildman–Crippen MR) is 107 cm³/mol. The van der Waals surface area contributed by atoms with Gasteiger partial charge in [0, 0.05) is 18.7 Å². The number of hydrogen-bond acceptors (Lipinski definition) is 4. The topological polar surface area (TPSA) is 52.8 Å². The minimum absolute atomic E-state index is 0.135. The van der Waals surface area contributed by atoms with Gasteiger partial charge in [-0.1, -0.05) is 29.5 Å². The average molecular weight is 382 g/mol. The third-order valence-corrected chi connectivity index (χ3v) is 5.85. The van der Waals surface area contributed by atoms with Gasteiger partial charge in [0.2, 0.25) is 0 Å². The Morgan fingerprint density at radius 2 is 1.85 bits per heavy atom. The molecular formula is C21H22N2O3S. The van der Waals surface area contributed by atoms with Gasteiger partial charge in [0.15, 0.2) is 16.3 Å². The van der Waals surface area contributed by atoms with Crippen LogP contribution in [0.4, 0.5) is 0 Å². The Morgan fingerprint density at radius 1 is 1.11 bits per heavy atom. The fourth-order valence-electron chi connectivity index (χ4n) is 3.23. The molecule has 27 heavy (non-hydrogen) atoms. The van der Waals surface area contributed by atoms with Gasteiger partial charge in [-0.2, -0.15) is 4.99 Å². The molecule has 0 unspecified atom stereocenters. The first-order valence-electron chi connectivity index (χ1n) is 9.12. The van der Waals surface area contributed by atoms with Gasteiger partial charge in [-0.15, -0.1) is 0 Å². The van der Waals surface area contributed by atoms with Crippen molar-refractivity contribution in [2.24, 2.45) is 4.99 Å². The molecule has 3 aromatic rings. The van der Waals surface area contributed by atoms with Gasteiger partial charge < -0.3 is 14.0 Å². The van der Waals surface area contributed by atoms with E-state index in [0.717, 1.165) is 33.8 Å². The zero-order chi connectivity index (χ0) is 19.0. The van der Waals surface area contributed by atoms with Crippen LogP contribution in [0.2, 0.25) is 0 Å². The SMILES string of the molecule is CCn1c(=NC(=O)Cc2ccc(C)c(C)c2)sc2cc3c(cc21)OCCO3. The molecule has 0 bridgehead atoms. The van der Waals surface area contributed by atoms with Crippen molar-refractivity contribution < 1.29 is 14.3 Å². The summed E-state index contributed by atoms with van der Waals surface area (Å²) >= 11 is 1.51. The molecule has 140 valence electrons. The first-order chi connectivity index (χ1) is 13.0. The fraction of sp³-hybridized carbons (Fsp3) is 0.333. The molecule has 0 atom stereocenters. The minimum Gasteiger partial charge on any atom is -0.486 e. The molecule has 4 rings (SSSR count). The van der Waals surface area contributed by atoms with E-state index >= 15 is 0 Å². The summed E-state index contributed by atoms with van der Waals surface area (Å²) in [6, 6.07) is 10.1. The van der Waals surface area contributed by atoms with Crippen molar-refractivity contribution in [2.45, 2.75) is 33.7 Å². The molecule has 2 heterocycles. The van der Waals surface area contributed by atoms with Gasteiger partial charge in [-0.3, -0.25) is 4.79 Å². The van der Waals surface area contributed by atoms with Gasteiger partial charge in [-0.25, -0.2) is 0 Å². The number of nitrogens with zero attached hydrogens (tertiary/aromatic N) is 2. The number of fused-ring (bicyclic) bond motifs is 2. The summed E-state index contributed by atoms with van der Waals surface area (Å²) in [6.45, 7) is 8.03. The molecule has 1 aromatic heterocycles. The second-order valence-electron chi connectivity index (χ2n) is 6.69. The molecule has 0 N–H and O–H groups in total. The summed E-state index contributed by atoms with van der Waals surface area (Å²) in [4.78, 5) is 17.7. The van der Waals surface area contributed by atoms with Crippen LogP contribution in [-0.4, -0.2) is 23.7 Å². The summed E-state index contributed by atoms with van der Waals surface area (Å²) in [7, 11) is 0. The molecule has 6 heteroatoms. The van der Waals surface area contributed by atoms with Crippen LogP contribution < -0.4 is 14.3 Å². The molecule has 1 amide bonds. The Bertz CT molecular complexity index is 1090. The van der Waals surface area contributed by atoms with Gasteiger partial charge in [0.25, 0.3) is 5.91 Å². The zero-order valence-electron chi connectivity index (χ0n) is 15.7. The molecule has 0 radical (unpaired) electrons. The quantitative estimate of drug-likeness (QED) is 0.693. The third-order valence-electron chi connectivity index (χ3n) is 4.81. The summed E-state index contributed by atoms with van der Waals surface area (Å²) in [5.41, 5.74) is 4.43. The van der Waals surface area contributed by atoms with E-state index in [1.807, 2.05) is 24.3 Å². The van der Waals surface area contributed by atoms with E-state index in [-0.39, 0.29) is 5.91 Å². The maximum absolute atomic E-state index is 12.6. The van der Waals surface area contributed by atoms with Crippen molar-refractivity contribution in [2.75, 3.05) is 13.2 Å². The van der Waals surface area contributed by atoms with Crippen molar-refractivity contribution in [1.82, 2.24) is 4.57 Å². The lowest BCUT2D eigenvalue weighted by molar-refractivity contribution is -0.117. The van der Waals surface area contributed by atoms with E-state index < -0.39 is 0 Å². The zero-order valence-corrected chi connectivity index (χ0v) is 16.6. The van der Waals surface area contributed by atoms with Crippen molar-refractivity contribution in [3.63, 3.8) is 0 Å². The van der Waals surface area contributed by atoms with Gasteiger partial charge >= 0.3 is 0 Å². The number of amides is 1. The van der Waals surface area contributed by atoms with E-state index in [1.54, 1.807) is 0 Å². The Hall–Kier alpha value is -2.60. The smallest absolute Gasteiger partial charge is 0.252 e. The second kappa shape index (κ2) is 7.19. The molecule has 0 aliphatic carbocycles. The predicted octanol–water partition coefficient (Wildman–Crippen LogP) is 3.78. The van der Waals surface area contributed by atoms with Crippen LogP contribution in [0.5, 0.6) is 11.5 Å². The van der Waals surface area contributed by atoms with Crippen LogP contribution in [0.1, 0.15) is 23.6 Å². The normalized spacial score (nSPS) is 14.0. The van der Waals surface area contributed by atoms with Crippen LogP contribution in [-0.2, 0) is 17.8 Å². The number of carbonyl (C=O) groups excluding carboxylic acids is 1. The third kappa shape index (κ3) is 3.49. The number of benzene rings is 2. The second-order valence-corrected chi connectivity index (χ2v) is 7.70. The molecule has 0 spiro atoms. The van der Waals surface area contributed by atoms with Crippen molar-refractivity contribution >= 4 is 27.5 Å². The highest BCUT2D eigenvalue weighted by molar-refractivity contribution is 7.16. The fourth-order valence-corrected chi connectivity index (χ4v) is 4.35. The van der Waals surface area contributed by atoms with Crippen molar-refractivity contribution in [3.8, 4) is 11.5 Å². The van der Waals surface area contributed by atoms with Crippen molar-refractivity contribution in [3.05, 3.63) is 51.8 Å². The molecule has 2 aromatic carbocycles. The first kappa shape index (κ1) is 17.8. The Balaban J connectivity index is 1.71. The Morgan fingerprint density at radius 3 is 2.56 bits per heavy atom. The Labute approximate surface area is 161 Å². The van der Waals surface area contributed by atoms with Crippen LogP contribution in [0, 0.1) is 13.8 Å². The lowest BCUT2D eigenvalue weighted by Gasteiger charge is -2.18. The van der Waals surface area contributed by atoms with E-state index in [9.17, 15) is 4.79 Å². The number of aryl methyl sites for hydroxylation is 3. The van der Waals surface area contributed by atoms with E-state index in [4.69, 9.17) is 9.47 Å². The summed E-state index contributed by atoms with van der Waals surface area (Å²) in [6.07, 6.45) is 0.307. The molecule has 0 fully saturated rings. The molecule has 0 saturated heterocycles. The highest BCUT2D eigenvalue weighted by Crippen LogP contribution is 2.35. The van der Waals surface area contributed by atoms with Crippen LogP contribution >= 0.6 is 11.3 Å². The highest BCUT2D eigenvalue weighted by atomic mass is 32.1. The molecule has 5 nitrogen and oxygen atoms in total. The number of aromatic nitrogens is 1. The molecular weight excluding hydrogens is 360 g/mol. The number of thiazole rings is 1. The number of carbonyl (C=O) groups is 1. The van der Waals surface area contributed by atoms with Gasteiger partial charge in [0.1, 0.15) is 13.2 Å². The van der Waals surface area contributed by atoms with E-state index in [1.165, 1.54) is 22.5 Å². The first-order valence-corrected chi connectivity index (χ1v) is 9.93. The maximum Gasteiger partial charge on any atom is 0.252 e. The molecule has 1 aliphatic rings. The van der Waals surface area contributed by atoms with Crippen LogP contribution in [0.3, 0.4) is 0 Å². The summed E-state index contributed by atoms with van der Waals surface area (Å²) < 4.78 is 14.5. The maximum atomic E-state index is 12.6. The number of ether oxygens (including phenoxy) is 2. The van der Waals surface area contributed by atoms with Crippen LogP contribution in [0.15, 0.2) is 35.3 Å². The number of rotatable bonds is 3. The summed E-state index contributed by atoms with van der Waals surface area (Å²) in [5.74, 6) is 1.37. The van der Waals surface area contributed by atoms with Gasteiger partial charge in [-0.05, 0) is 37.5 Å². The monoisotopic (exact) mass is 382 g/mol.